The van der Waals surface area contributed by atoms with Gasteiger partial charge in [-0.05, 0) is 44.1 Å². The molecule has 1 aromatic carbocycles. The van der Waals surface area contributed by atoms with Gasteiger partial charge in [-0.3, -0.25) is 5.10 Å². The van der Waals surface area contributed by atoms with Crippen LogP contribution in [0.4, 0.5) is 0 Å². The Balaban J connectivity index is 1.96. The standard InChI is InChI=1S/C18H28N4/c1-5-22(6-2)10-9-19-12-17-13-20-21-18(17)16-8-7-14(3)15(4)11-16/h7-8,11,13,19H,5-6,9-10,12H2,1-4H3,(H,20,21). The van der Waals surface area contributed by atoms with Crippen LogP contribution in [0, 0.1) is 13.8 Å². The quantitative estimate of drug-likeness (QED) is 0.736. The molecule has 0 saturated carbocycles. The summed E-state index contributed by atoms with van der Waals surface area (Å²) in [5.41, 5.74) is 6.19. The summed E-state index contributed by atoms with van der Waals surface area (Å²) in [5.74, 6) is 0. The minimum Gasteiger partial charge on any atom is -0.311 e. The lowest BCUT2D eigenvalue weighted by Gasteiger charge is -2.18. The zero-order chi connectivity index (χ0) is 15.9. The Morgan fingerprint density at radius 3 is 2.59 bits per heavy atom. The van der Waals surface area contributed by atoms with Crippen molar-refractivity contribution < 1.29 is 0 Å². The third-order valence-corrected chi connectivity index (χ3v) is 4.33. The molecule has 0 aliphatic carbocycles. The molecular formula is C18H28N4. The molecule has 0 bridgehead atoms. The van der Waals surface area contributed by atoms with Crippen molar-refractivity contribution in [3.8, 4) is 11.3 Å². The Morgan fingerprint density at radius 1 is 1.14 bits per heavy atom. The summed E-state index contributed by atoms with van der Waals surface area (Å²) >= 11 is 0. The smallest absolute Gasteiger partial charge is 0.0695 e. The van der Waals surface area contributed by atoms with E-state index in [1.54, 1.807) is 0 Å². The molecular weight excluding hydrogens is 272 g/mol. The molecule has 22 heavy (non-hydrogen) atoms. The highest BCUT2D eigenvalue weighted by molar-refractivity contribution is 5.64. The molecule has 0 radical (unpaired) electrons. The fourth-order valence-corrected chi connectivity index (χ4v) is 2.59. The summed E-state index contributed by atoms with van der Waals surface area (Å²) in [4.78, 5) is 2.42. The molecule has 0 spiro atoms. The van der Waals surface area contributed by atoms with Gasteiger partial charge in [0, 0.05) is 30.8 Å². The highest BCUT2D eigenvalue weighted by atomic mass is 15.1. The van der Waals surface area contributed by atoms with E-state index in [9.17, 15) is 0 Å². The molecule has 4 nitrogen and oxygen atoms in total. The van der Waals surface area contributed by atoms with Gasteiger partial charge in [0.05, 0.1) is 11.9 Å². The lowest BCUT2D eigenvalue weighted by Crippen LogP contribution is -2.31. The molecule has 2 rings (SSSR count). The molecule has 0 saturated heterocycles. The number of hydrogen-bond donors (Lipinski definition) is 2. The van der Waals surface area contributed by atoms with Crippen LogP contribution in [0.15, 0.2) is 24.4 Å². The summed E-state index contributed by atoms with van der Waals surface area (Å²) in [6, 6.07) is 6.56. The number of aromatic amines is 1. The van der Waals surface area contributed by atoms with Gasteiger partial charge < -0.3 is 10.2 Å². The van der Waals surface area contributed by atoms with Crippen LogP contribution in [0.1, 0.15) is 30.5 Å². The molecule has 2 N–H and O–H groups in total. The number of aromatic nitrogens is 2. The lowest BCUT2D eigenvalue weighted by molar-refractivity contribution is 0.302. The molecule has 4 heteroatoms. The van der Waals surface area contributed by atoms with Gasteiger partial charge in [0.15, 0.2) is 0 Å². The Bertz CT molecular complexity index is 585. The average molecular weight is 300 g/mol. The number of benzene rings is 1. The predicted octanol–water partition coefficient (Wildman–Crippen LogP) is 3.12. The zero-order valence-electron chi connectivity index (χ0n) is 14.2. The van der Waals surface area contributed by atoms with Crippen LogP contribution in [-0.4, -0.2) is 41.3 Å². The second kappa shape index (κ2) is 8.11. The summed E-state index contributed by atoms with van der Waals surface area (Å²) in [6.45, 7) is 13.9. The molecule has 120 valence electrons. The van der Waals surface area contributed by atoms with Crippen molar-refractivity contribution in [2.45, 2.75) is 34.2 Å². The normalized spacial score (nSPS) is 11.3. The van der Waals surface area contributed by atoms with Crippen molar-refractivity contribution in [3.05, 3.63) is 41.1 Å². The van der Waals surface area contributed by atoms with E-state index in [-0.39, 0.29) is 0 Å². The summed E-state index contributed by atoms with van der Waals surface area (Å²) in [6.07, 6.45) is 1.93. The monoisotopic (exact) mass is 300 g/mol. The number of nitrogens with one attached hydrogen (secondary N) is 2. The van der Waals surface area contributed by atoms with Crippen LogP contribution in [0.5, 0.6) is 0 Å². The van der Waals surface area contributed by atoms with E-state index in [2.05, 4.69) is 66.3 Å². The van der Waals surface area contributed by atoms with Crippen molar-refractivity contribution >= 4 is 0 Å². The molecule has 1 heterocycles. The van der Waals surface area contributed by atoms with E-state index in [1.807, 2.05) is 6.20 Å². The first-order chi connectivity index (χ1) is 10.7. The maximum atomic E-state index is 4.22. The number of nitrogens with zero attached hydrogens (tertiary/aromatic N) is 2. The zero-order valence-corrected chi connectivity index (χ0v) is 14.2. The second-order valence-corrected chi connectivity index (χ2v) is 5.77. The van der Waals surface area contributed by atoms with Gasteiger partial charge in [0.1, 0.15) is 0 Å². The molecule has 0 unspecified atom stereocenters. The largest absolute Gasteiger partial charge is 0.311 e. The van der Waals surface area contributed by atoms with E-state index in [0.29, 0.717) is 0 Å². The number of rotatable bonds is 8. The van der Waals surface area contributed by atoms with Crippen molar-refractivity contribution in [1.82, 2.24) is 20.4 Å². The predicted molar refractivity (Wildman–Crippen MR) is 93.0 cm³/mol. The Labute approximate surface area is 133 Å². The Kier molecular flexibility index (Phi) is 6.16. The maximum absolute atomic E-state index is 4.22. The topological polar surface area (TPSA) is 44.0 Å². The number of aryl methyl sites for hydroxylation is 2. The van der Waals surface area contributed by atoms with Crippen molar-refractivity contribution in [2.75, 3.05) is 26.2 Å². The van der Waals surface area contributed by atoms with Crippen LogP contribution in [0.25, 0.3) is 11.3 Å². The van der Waals surface area contributed by atoms with Crippen LogP contribution < -0.4 is 5.32 Å². The van der Waals surface area contributed by atoms with Gasteiger partial charge in [-0.2, -0.15) is 5.10 Å². The molecule has 0 aliphatic heterocycles. The summed E-state index contributed by atoms with van der Waals surface area (Å²) in [5, 5.41) is 10.9. The van der Waals surface area contributed by atoms with E-state index < -0.39 is 0 Å². The van der Waals surface area contributed by atoms with Crippen LogP contribution in [0.2, 0.25) is 0 Å². The molecule has 2 aromatic rings. The number of hydrogen-bond acceptors (Lipinski definition) is 3. The highest BCUT2D eigenvalue weighted by Crippen LogP contribution is 2.23. The van der Waals surface area contributed by atoms with E-state index in [1.165, 1.54) is 22.3 Å². The average Bonchev–Trinajstić information content (AvgIpc) is 2.99. The van der Waals surface area contributed by atoms with Gasteiger partial charge >= 0.3 is 0 Å². The minimum atomic E-state index is 0.847. The molecule has 0 amide bonds. The Morgan fingerprint density at radius 2 is 1.91 bits per heavy atom. The van der Waals surface area contributed by atoms with Crippen LogP contribution in [-0.2, 0) is 6.54 Å². The van der Waals surface area contributed by atoms with E-state index >= 15 is 0 Å². The van der Waals surface area contributed by atoms with Crippen molar-refractivity contribution in [3.63, 3.8) is 0 Å². The van der Waals surface area contributed by atoms with Gasteiger partial charge in [0.25, 0.3) is 0 Å². The van der Waals surface area contributed by atoms with Gasteiger partial charge in [-0.15, -0.1) is 0 Å². The molecule has 0 atom stereocenters. The van der Waals surface area contributed by atoms with E-state index in [0.717, 1.165) is 38.4 Å². The molecule has 1 aromatic heterocycles. The lowest BCUT2D eigenvalue weighted by atomic mass is 10.0. The van der Waals surface area contributed by atoms with Gasteiger partial charge in [-0.1, -0.05) is 26.0 Å². The third-order valence-electron chi connectivity index (χ3n) is 4.33. The highest BCUT2D eigenvalue weighted by Gasteiger charge is 2.08. The first-order valence-electron chi connectivity index (χ1n) is 8.18. The minimum absolute atomic E-state index is 0.847. The van der Waals surface area contributed by atoms with Gasteiger partial charge in [0.2, 0.25) is 0 Å². The second-order valence-electron chi connectivity index (χ2n) is 5.77. The van der Waals surface area contributed by atoms with Crippen LogP contribution in [0.3, 0.4) is 0 Å². The molecule has 0 aliphatic rings. The number of likely N-dealkylation sites (N-methyl/N-ethyl adjacent to an activating group) is 1. The third kappa shape index (κ3) is 4.18. The summed E-state index contributed by atoms with van der Waals surface area (Å²) < 4.78 is 0. The SMILES string of the molecule is CCN(CC)CCNCc1cn[nH]c1-c1ccc(C)c(C)c1. The first-order valence-corrected chi connectivity index (χ1v) is 8.18. The van der Waals surface area contributed by atoms with Crippen LogP contribution >= 0.6 is 0 Å². The fourth-order valence-electron chi connectivity index (χ4n) is 2.59. The van der Waals surface area contributed by atoms with Crippen molar-refractivity contribution in [1.29, 1.82) is 0 Å². The van der Waals surface area contributed by atoms with E-state index in [4.69, 9.17) is 0 Å². The van der Waals surface area contributed by atoms with Gasteiger partial charge in [-0.25, -0.2) is 0 Å². The summed E-state index contributed by atoms with van der Waals surface area (Å²) in [7, 11) is 0. The first kappa shape index (κ1) is 16.7. The fraction of sp³-hybridized carbons (Fsp3) is 0.500. The number of H-pyrrole nitrogens is 1. The molecule has 0 fully saturated rings. The maximum Gasteiger partial charge on any atom is 0.0695 e. The Hall–Kier alpha value is -1.65. The van der Waals surface area contributed by atoms with Crippen molar-refractivity contribution in [2.24, 2.45) is 0 Å².